The SMILES string of the molecule is COC(=O)c1ncc([N+](=O)[O-])n1CCO. The van der Waals surface area contributed by atoms with Crippen LogP contribution in [0.2, 0.25) is 0 Å². The lowest BCUT2D eigenvalue weighted by Crippen LogP contribution is -2.15. The highest BCUT2D eigenvalue weighted by Crippen LogP contribution is 2.14. The number of rotatable bonds is 4. The second-order valence-electron chi connectivity index (χ2n) is 2.56. The molecule has 0 saturated heterocycles. The summed E-state index contributed by atoms with van der Waals surface area (Å²) >= 11 is 0. The zero-order valence-electron chi connectivity index (χ0n) is 7.91. The van der Waals surface area contributed by atoms with Gasteiger partial charge in [0, 0.05) is 0 Å². The van der Waals surface area contributed by atoms with Gasteiger partial charge in [-0.25, -0.2) is 9.78 Å². The number of nitro groups is 1. The summed E-state index contributed by atoms with van der Waals surface area (Å²) in [6.45, 7) is -0.415. The molecule has 0 atom stereocenters. The third-order valence-electron chi connectivity index (χ3n) is 1.71. The summed E-state index contributed by atoms with van der Waals surface area (Å²) in [5, 5.41) is 19.2. The van der Waals surface area contributed by atoms with Crippen LogP contribution in [0.3, 0.4) is 0 Å². The molecule has 0 spiro atoms. The standard InChI is InChI=1S/C7H9N3O5/c1-15-7(12)6-8-4-5(10(13)14)9(6)2-3-11/h4,11H,2-3H2,1H3. The first-order valence-electron chi connectivity index (χ1n) is 4.01. The van der Waals surface area contributed by atoms with Gasteiger partial charge in [0.2, 0.25) is 0 Å². The second-order valence-corrected chi connectivity index (χ2v) is 2.56. The molecule has 1 aromatic heterocycles. The number of methoxy groups -OCH3 is 1. The Bertz CT molecular complexity index is 386. The molecular formula is C7H9N3O5. The first kappa shape index (κ1) is 11.1. The molecule has 0 fully saturated rings. The van der Waals surface area contributed by atoms with Crippen LogP contribution in [0.5, 0.6) is 0 Å². The van der Waals surface area contributed by atoms with Gasteiger partial charge in [-0.2, -0.15) is 4.57 Å². The van der Waals surface area contributed by atoms with Gasteiger partial charge >= 0.3 is 17.6 Å². The molecule has 1 rings (SSSR count). The number of aromatic nitrogens is 2. The Kier molecular flexibility index (Phi) is 3.34. The van der Waals surface area contributed by atoms with E-state index in [1.54, 1.807) is 0 Å². The molecule has 8 heteroatoms. The zero-order chi connectivity index (χ0) is 11.4. The number of esters is 1. The molecular weight excluding hydrogens is 206 g/mol. The van der Waals surface area contributed by atoms with Crippen LogP contribution in [0, 0.1) is 10.1 Å². The number of hydrogen-bond acceptors (Lipinski definition) is 6. The molecule has 0 amide bonds. The van der Waals surface area contributed by atoms with Crippen molar-refractivity contribution in [2.24, 2.45) is 0 Å². The van der Waals surface area contributed by atoms with Crippen LogP contribution in [0.15, 0.2) is 6.20 Å². The van der Waals surface area contributed by atoms with E-state index in [-0.39, 0.29) is 24.8 Å². The van der Waals surface area contributed by atoms with E-state index in [4.69, 9.17) is 5.11 Å². The summed E-state index contributed by atoms with van der Waals surface area (Å²) in [5.74, 6) is -1.33. The van der Waals surface area contributed by atoms with E-state index in [0.717, 1.165) is 17.9 Å². The highest BCUT2D eigenvalue weighted by Gasteiger charge is 2.25. The van der Waals surface area contributed by atoms with Gasteiger partial charge in [0.25, 0.3) is 0 Å². The molecule has 0 unspecified atom stereocenters. The first-order chi connectivity index (χ1) is 7.11. The maximum atomic E-state index is 11.1. The Hall–Kier alpha value is -1.96. The fourth-order valence-electron chi connectivity index (χ4n) is 1.09. The summed E-state index contributed by atoms with van der Waals surface area (Å²) in [7, 11) is 1.14. The van der Waals surface area contributed by atoms with E-state index in [1.807, 2.05) is 0 Å². The minimum atomic E-state index is -0.781. The van der Waals surface area contributed by atoms with Crippen molar-refractivity contribution in [3.8, 4) is 0 Å². The average molecular weight is 215 g/mol. The molecule has 0 aliphatic carbocycles. The summed E-state index contributed by atoms with van der Waals surface area (Å²) < 4.78 is 5.38. The summed E-state index contributed by atoms with van der Waals surface area (Å²) in [4.78, 5) is 24.5. The van der Waals surface area contributed by atoms with Crippen LogP contribution in [-0.2, 0) is 11.3 Å². The van der Waals surface area contributed by atoms with Gasteiger partial charge in [0.1, 0.15) is 12.7 Å². The van der Waals surface area contributed by atoms with E-state index in [0.29, 0.717) is 0 Å². The van der Waals surface area contributed by atoms with Gasteiger partial charge in [-0.1, -0.05) is 0 Å². The van der Waals surface area contributed by atoms with Gasteiger partial charge in [0.05, 0.1) is 13.7 Å². The van der Waals surface area contributed by atoms with E-state index < -0.39 is 10.9 Å². The monoisotopic (exact) mass is 215 g/mol. The molecule has 0 aliphatic heterocycles. The van der Waals surface area contributed by atoms with Crippen LogP contribution in [0.4, 0.5) is 5.82 Å². The third-order valence-corrected chi connectivity index (χ3v) is 1.71. The number of hydrogen-bond donors (Lipinski definition) is 1. The average Bonchev–Trinajstić information content (AvgIpc) is 2.61. The van der Waals surface area contributed by atoms with Crippen molar-refractivity contribution in [2.75, 3.05) is 13.7 Å². The zero-order valence-corrected chi connectivity index (χ0v) is 7.91. The molecule has 0 aromatic carbocycles. The molecule has 82 valence electrons. The third kappa shape index (κ3) is 2.10. The molecule has 1 N–H and O–H groups in total. The molecule has 1 aromatic rings. The van der Waals surface area contributed by atoms with E-state index in [1.165, 1.54) is 0 Å². The fraction of sp³-hybridized carbons (Fsp3) is 0.429. The van der Waals surface area contributed by atoms with E-state index >= 15 is 0 Å². The quantitative estimate of drug-likeness (QED) is 0.414. The van der Waals surface area contributed by atoms with Crippen LogP contribution in [-0.4, -0.2) is 39.3 Å². The molecule has 0 aliphatic rings. The van der Waals surface area contributed by atoms with Crippen molar-refractivity contribution < 1.29 is 19.6 Å². The number of ether oxygens (including phenoxy) is 1. The number of aliphatic hydroxyl groups is 1. The molecule has 0 radical (unpaired) electrons. The summed E-state index contributed by atoms with van der Waals surface area (Å²) in [6, 6.07) is 0. The Morgan fingerprint density at radius 3 is 2.93 bits per heavy atom. The van der Waals surface area contributed by atoms with Crippen molar-refractivity contribution in [1.29, 1.82) is 0 Å². The van der Waals surface area contributed by atoms with Crippen molar-refractivity contribution in [2.45, 2.75) is 6.54 Å². The Morgan fingerprint density at radius 2 is 2.47 bits per heavy atom. The minimum absolute atomic E-state index is 0.0826. The lowest BCUT2D eigenvalue weighted by molar-refractivity contribution is -0.392. The van der Waals surface area contributed by atoms with Crippen molar-refractivity contribution in [1.82, 2.24) is 9.55 Å². The number of carbonyl (C=O) groups is 1. The number of carbonyl (C=O) groups excluding carboxylic acids is 1. The smallest absolute Gasteiger partial charge is 0.398 e. The van der Waals surface area contributed by atoms with Crippen LogP contribution >= 0.6 is 0 Å². The van der Waals surface area contributed by atoms with Crippen LogP contribution in [0.25, 0.3) is 0 Å². The summed E-state index contributed by atoms with van der Waals surface area (Å²) in [5.41, 5.74) is 0. The first-order valence-corrected chi connectivity index (χ1v) is 4.01. The van der Waals surface area contributed by atoms with Gasteiger partial charge in [-0.05, 0) is 4.92 Å². The topological polar surface area (TPSA) is 107 Å². The van der Waals surface area contributed by atoms with Crippen LogP contribution < -0.4 is 0 Å². The largest absolute Gasteiger partial charge is 0.462 e. The summed E-state index contributed by atoms with van der Waals surface area (Å²) in [6.07, 6.45) is 0.946. The lowest BCUT2D eigenvalue weighted by Gasteiger charge is -2.00. The van der Waals surface area contributed by atoms with Crippen LogP contribution in [0.1, 0.15) is 10.6 Å². The normalized spacial score (nSPS) is 10.0. The lowest BCUT2D eigenvalue weighted by atomic mass is 10.5. The highest BCUT2D eigenvalue weighted by molar-refractivity contribution is 5.85. The predicted molar refractivity (Wildman–Crippen MR) is 47.3 cm³/mol. The molecule has 1 heterocycles. The molecule has 0 bridgehead atoms. The van der Waals surface area contributed by atoms with Crippen molar-refractivity contribution in [3.63, 3.8) is 0 Å². The fourth-order valence-corrected chi connectivity index (χ4v) is 1.09. The van der Waals surface area contributed by atoms with Gasteiger partial charge in [-0.3, -0.25) is 0 Å². The Labute approximate surface area is 84.3 Å². The van der Waals surface area contributed by atoms with Crippen molar-refractivity contribution in [3.05, 3.63) is 22.1 Å². The van der Waals surface area contributed by atoms with Crippen molar-refractivity contribution >= 4 is 11.8 Å². The highest BCUT2D eigenvalue weighted by atomic mass is 16.6. The number of imidazole rings is 1. The molecule has 15 heavy (non-hydrogen) atoms. The molecule has 0 saturated carbocycles. The minimum Gasteiger partial charge on any atom is -0.462 e. The number of aliphatic hydroxyl groups excluding tert-OH is 1. The predicted octanol–water partition coefficient (Wildman–Crippen LogP) is -0.430. The Balaban J connectivity index is 3.17. The van der Waals surface area contributed by atoms with Gasteiger partial charge in [-0.15, -0.1) is 0 Å². The number of nitrogens with zero attached hydrogens (tertiary/aromatic N) is 3. The van der Waals surface area contributed by atoms with Gasteiger partial charge in [0.15, 0.2) is 0 Å². The maximum absolute atomic E-state index is 11.1. The van der Waals surface area contributed by atoms with Gasteiger partial charge < -0.3 is 20.0 Å². The second kappa shape index (κ2) is 4.51. The Morgan fingerprint density at radius 1 is 1.80 bits per heavy atom. The van der Waals surface area contributed by atoms with E-state index in [2.05, 4.69) is 9.72 Å². The molecule has 8 nitrogen and oxygen atoms in total. The maximum Gasteiger partial charge on any atom is 0.398 e. The van der Waals surface area contributed by atoms with E-state index in [9.17, 15) is 14.9 Å².